The Labute approximate surface area is 174 Å². The average Bonchev–Trinajstić information content (AvgIpc) is 2.74. The van der Waals surface area contributed by atoms with Gasteiger partial charge in [0.05, 0.1) is 6.07 Å². The molecule has 144 valence electrons. The molecule has 5 heteroatoms. The van der Waals surface area contributed by atoms with Crippen LogP contribution in [0, 0.1) is 17.2 Å². The molecule has 1 heterocycles. The van der Waals surface area contributed by atoms with Crippen LogP contribution in [0.1, 0.15) is 47.5 Å². The molecule has 0 saturated carbocycles. The summed E-state index contributed by atoms with van der Waals surface area (Å²) >= 11 is 3.46. The lowest BCUT2D eigenvalue weighted by Gasteiger charge is -2.31. The third-order valence-electron chi connectivity index (χ3n) is 5.25. The van der Waals surface area contributed by atoms with Crippen molar-refractivity contribution in [3.8, 4) is 6.07 Å². The highest BCUT2D eigenvalue weighted by Gasteiger charge is 2.35. The molecule has 1 fully saturated rings. The van der Waals surface area contributed by atoms with E-state index in [1.54, 1.807) is 17.0 Å². The van der Waals surface area contributed by atoms with Gasteiger partial charge in [-0.3, -0.25) is 9.59 Å². The Hall–Kier alpha value is -2.45. The van der Waals surface area contributed by atoms with Crippen molar-refractivity contribution >= 4 is 27.6 Å². The standard InChI is InChI=1S/C23H23BrN2O2/c24-19-11-7-10-18(14-19)20(15-22(27)17-8-3-1-4-9-17)21(16-25)23(28)26-12-5-2-6-13-26/h1,3-4,7-11,14,20-21H,2,5-6,12-13,15H2. The lowest BCUT2D eigenvalue weighted by atomic mass is 9.81. The molecule has 0 aromatic heterocycles. The van der Waals surface area contributed by atoms with E-state index in [-0.39, 0.29) is 18.1 Å². The smallest absolute Gasteiger partial charge is 0.240 e. The van der Waals surface area contributed by atoms with E-state index in [0.29, 0.717) is 18.7 Å². The fourth-order valence-electron chi connectivity index (χ4n) is 3.74. The molecular formula is C23H23BrN2O2. The van der Waals surface area contributed by atoms with E-state index in [1.165, 1.54) is 0 Å². The van der Waals surface area contributed by atoms with Crippen LogP contribution in [0.2, 0.25) is 0 Å². The monoisotopic (exact) mass is 438 g/mol. The van der Waals surface area contributed by atoms with Crippen LogP contribution in [0.15, 0.2) is 59.1 Å². The highest BCUT2D eigenvalue weighted by Crippen LogP contribution is 2.33. The highest BCUT2D eigenvalue weighted by atomic mass is 79.9. The highest BCUT2D eigenvalue weighted by molar-refractivity contribution is 9.10. The van der Waals surface area contributed by atoms with Gasteiger partial charge < -0.3 is 4.90 Å². The van der Waals surface area contributed by atoms with Crippen LogP contribution in [-0.4, -0.2) is 29.7 Å². The number of amides is 1. The first-order valence-corrected chi connectivity index (χ1v) is 10.4. The number of hydrogen-bond donors (Lipinski definition) is 0. The second-order valence-corrected chi connectivity index (χ2v) is 8.06. The van der Waals surface area contributed by atoms with Crippen molar-refractivity contribution in [1.82, 2.24) is 4.90 Å². The first-order chi connectivity index (χ1) is 13.6. The Morgan fingerprint density at radius 2 is 1.75 bits per heavy atom. The van der Waals surface area contributed by atoms with Gasteiger partial charge in [0.15, 0.2) is 5.78 Å². The lowest BCUT2D eigenvalue weighted by Crippen LogP contribution is -2.41. The summed E-state index contributed by atoms with van der Waals surface area (Å²) in [6, 6.07) is 18.8. The zero-order chi connectivity index (χ0) is 19.9. The number of piperidine rings is 1. The summed E-state index contributed by atoms with van der Waals surface area (Å²) in [5, 5.41) is 9.89. The van der Waals surface area contributed by atoms with Crippen LogP contribution in [0.5, 0.6) is 0 Å². The number of Topliss-reactive ketones (excluding diaryl/α,β-unsaturated/α-hetero) is 1. The van der Waals surface area contributed by atoms with Gasteiger partial charge in [0.25, 0.3) is 0 Å². The fourth-order valence-corrected chi connectivity index (χ4v) is 4.15. The van der Waals surface area contributed by atoms with E-state index in [1.807, 2.05) is 42.5 Å². The normalized spacial score (nSPS) is 16.1. The van der Waals surface area contributed by atoms with E-state index in [0.717, 1.165) is 29.3 Å². The predicted octanol–water partition coefficient (Wildman–Crippen LogP) is 4.96. The maximum Gasteiger partial charge on any atom is 0.240 e. The third-order valence-corrected chi connectivity index (χ3v) is 5.75. The van der Waals surface area contributed by atoms with Gasteiger partial charge in [0.2, 0.25) is 5.91 Å². The van der Waals surface area contributed by atoms with E-state index in [9.17, 15) is 14.9 Å². The molecule has 0 radical (unpaired) electrons. The Balaban J connectivity index is 1.91. The average molecular weight is 439 g/mol. The van der Waals surface area contributed by atoms with Gasteiger partial charge in [-0.05, 0) is 37.0 Å². The molecule has 1 amide bonds. The molecule has 0 bridgehead atoms. The second-order valence-electron chi connectivity index (χ2n) is 7.15. The van der Waals surface area contributed by atoms with Crippen molar-refractivity contribution in [2.75, 3.05) is 13.1 Å². The van der Waals surface area contributed by atoms with E-state index >= 15 is 0 Å². The van der Waals surface area contributed by atoms with Gasteiger partial charge in [-0.2, -0.15) is 5.26 Å². The number of nitriles is 1. The topological polar surface area (TPSA) is 61.2 Å². The van der Waals surface area contributed by atoms with Gasteiger partial charge in [-0.25, -0.2) is 0 Å². The molecule has 4 nitrogen and oxygen atoms in total. The van der Waals surface area contributed by atoms with Crippen molar-refractivity contribution < 1.29 is 9.59 Å². The van der Waals surface area contributed by atoms with E-state index < -0.39 is 11.8 Å². The number of likely N-dealkylation sites (tertiary alicyclic amines) is 1. The van der Waals surface area contributed by atoms with Gasteiger partial charge in [-0.15, -0.1) is 0 Å². The number of rotatable bonds is 6. The maximum absolute atomic E-state index is 13.1. The van der Waals surface area contributed by atoms with Gasteiger partial charge in [0, 0.05) is 35.5 Å². The summed E-state index contributed by atoms with van der Waals surface area (Å²) in [5.74, 6) is -1.57. The van der Waals surface area contributed by atoms with Crippen LogP contribution >= 0.6 is 15.9 Å². The quantitative estimate of drug-likeness (QED) is 0.598. The summed E-state index contributed by atoms with van der Waals surface area (Å²) in [6.45, 7) is 1.38. The van der Waals surface area contributed by atoms with Crippen LogP contribution in [-0.2, 0) is 4.79 Å². The molecule has 0 spiro atoms. The Bertz CT molecular complexity index is 870. The van der Waals surface area contributed by atoms with Crippen molar-refractivity contribution in [2.24, 2.45) is 5.92 Å². The third kappa shape index (κ3) is 4.88. The molecule has 3 rings (SSSR count). The van der Waals surface area contributed by atoms with Crippen molar-refractivity contribution in [3.63, 3.8) is 0 Å². The maximum atomic E-state index is 13.1. The molecule has 2 aromatic carbocycles. The van der Waals surface area contributed by atoms with E-state index in [4.69, 9.17) is 0 Å². The molecule has 1 saturated heterocycles. The summed E-state index contributed by atoms with van der Waals surface area (Å²) in [5.41, 5.74) is 1.43. The van der Waals surface area contributed by atoms with Gasteiger partial charge >= 0.3 is 0 Å². The summed E-state index contributed by atoms with van der Waals surface area (Å²) in [4.78, 5) is 27.8. The van der Waals surface area contributed by atoms with Crippen LogP contribution in [0.4, 0.5) is 0 Å². The Morgan fingerprint density at radius 3 is 2.39 bits per heavy atom. The molecule has 1 aliphatic heterocycles. The zero-order valence-corrected chi connectivity index (χ0v) is 17.3. The molecule has 28 heavy (non-hydrogen) atoms. The number of hydrogen-bond acceptors (Lipinski definition) is 3. The first kappa shape index (κ1) is 20.3. The molecule has 2 unspecified atom stereocenters. The minimum absolute atomic E-state index is 0.0581. The fraction of sp³-hybridized carbons (Fsp3) is 0.348. The zero-order valence-electron chi connectivity index (χ0n) is 15.7. The van der Waals surface area contributed by atoms with Gasteiger partial charge in [0.1, 0.15) is 5.92 Å². The molecule has 2 atom stereocenters. The predicted molar refractivity (Wildman–Crippen MR) is 112 cm³/mol. The van der Waals surface area contributed by atoms with Gasteiger partial charge in [-0.1, -0.05) is 58.4 Å². The molecule has 1 aliphatic rings. The number of carbonyl (C=O) groups excluding carboxylic acids is 2. The lowest BCUT2D eigenvalue weighted by molar-refractivity contribution is -0.135. The SMILES string of the molecule is N#CC(C(=O)N1CCCCC1)C(CC(=O)c1ccccc1)c1cccc(Br)c1. The van der Waals surface area contributed by atoms with Crippen LogP contribution in [0.3, 0.4) is 0 Å². The largest absolute Gasteiger partial charge is 0.342 e. The Kier molecular flexibility index (Phi) is 7.00. The summed E-state index contributed by atoms with van der Waals surface area (Å²) < 4.78 is 0.865. The summed E-state index contributed by atoms with van der Waals surface area (Å²) in [7, 11) is 0. The second kappa shape index (κ2) is 9.66. The number of halogens is 1. The van der Waals surface area contributed by atoms with Crippen molar-refractivity contribution in [1.29, 1.82) is 5.26 Å². The molecule has 0 N–H and O–H groups in total. The summed E-state index contributed by atoms with van der Waals surface area (Å²) in [6.07, 6.45) is 3.17. The Morgan fingerprint density at radius 1 is 1.04 bits per heavy atom. The van der Waals surface area contributed by atoms with E-state index in [2.05, 4.69) is 22.0 Å². The molecule has 0 aliphatic carbocycles. The molecular weight excluding hydrogens is 416 g/mol. The van der Waals surface area contributed by atoms with Crippen LogP contribution in [0.25, 0.3) is 0 Å². The number of ketones is 1. The van der Waals surface area contributed by atoms with Crippen molar-refractivity contribution in [2.45, 2.75) is 31.6 Å². The van der Waals surface area contributed by atoms with Crippen LogP contribution < -0.4 is 0 Å². The number of carbonyl (C=O) groups is 2. The number of nitrogens with zero attached hydrogens (tertiary/aromatic N) is 2. The van der Waals surface area contributed by atoms with Crippen molar-refractivity contribution in [3.05, 3.63) is 70.2 Å². The minimum atomic E-state index is -0.875. The molecule has 2 aromatic rings. The first-order valence-electron chi connectivity index (χ1n) is 9.62. The number of benzene rings is 2. The minimum Gasteiger partial charge on any atom is -0.342 e.